The highest BCUT2D eigenvalue weighted by molar-refractivity contribution is 7.98. The Morgan fingerprint density at radius 2 is 2.09 bits per heavy atom. The first-order chi connectivity index (χ1) is 11.1. The van der Waals surface area contributed by atoms with E-state index in [1.807, 2.05) is 29.2 Å². The number of hydrogen-bond donors (Lipinski definition) is 0. The van der Waals surface area contributed by atoms with Crippen molar-refractivity contribution in [3.05, 3.63) is 41.5 Å². The van der Waals surface area contributed by atoms with Crippen LogP contribution in [0, 0.1) is 12.8 Å². The lowest BCUT2D eigenvalue weighted by molar-refractivity contribution is 0.0693. The lowest BCUT2D eigenvalue weighted by Gasteiger charge is -2.30. The van der Waals surface area contributed by atoms with Gasteiger partial charge in [0.05, 0.1) is 11.3 Å². The molecular formula is C17H21N3O2S. The van der Waals surface area contributed by atoms with Crippen LogP contribution in [-0.2, 0) is 5.75 Å². The Morgan fingerprint density at radius 1 is 1.35 bits per heavy atom. The molecule has 1 aromatic carbocycles. The van der Waals surface area contributed by atoms with Gasteiger partial charge in [-0.2, -0.15) is 4.98 Å². The molecule has 0 aliphatic carbocycles. The van der Waals surface area contributed by atoms with Crippen molar-refractivity contribution in [2.75, 3.05) is 13.1 Å². The number of piperidine rings is 1. The smallest absolute Gasteiger partial charge is 0.254 e. The lowest BCUT2D eigenvalue weighted by Crippen LogP contribution is -2.38. The zero-order valence-corrected chi connectivity index (χ0v) is 14.3. The van der Waals surface area contributed by atoms with Crippen LogP contribution in [-0.4, -0.2) is 34.0 Å². The van der Waals surface area contributed by atoms with Gasteiger partial charge in [-0.25, -0.2) is 0 Å². The summed E-state index contributed by atoms with van der Waals surface area (Å²) in [6.45, 7) is 5.74. The molecule has 0 N–H and O–H groups in total. The second-order valence-corrected chi connectivity index (χ2v) is 7.01. The van der Waals surface area contributed by atoms with Crippen LogP contribution in [0.5, 0.6) is 0 Å². The average molecular weight is 331 g/mol. The number of nitrogens with zero attached hydrogens (tertiary/aromatic N) is 3. The van der Waals surface area contributed by atoms with Gasteiger partial charge in [0.15, 0.2) is 5.82 Å². The molecule has 0 saturated carbocycles. The van der Waals surface area contributed by atoms with Crippen LogP contribution in [0.15, 0.2) is 33.7 Å². The molecule has 2 aromatic rings. The maximum atomic E-state index is 12.8. The topological polar surface area (TPSA) is 59.2 Å². The number of aryl methyl sites for hydroxylation is 1. The summed E-state index contributed by atoms with van der Waals surface area (Å²) in [6, 6.07) is 7.76. The number of benzene rings is 1. The maximum Gasteiger partial charge on any atom is 0.254 e. The fourth-order valence-electron chi connectivity index (χ4n) is 2.69. The number of aromatic nitrogens is 2. The quantitative estimate of drug-likeness (QED) is 0.802. The zero-order chi connectivity index (χ0) is 16.2. The summed E-state index contributed by atoms with van der Waals surface area (Å²) >= 11 is 1.56. The van der Waals surface area contributed by atoms with Crippen LogP contribution in [0.3, 0.4) is 0 Å². The normalized spacial score (nSPS) is 15.8. The predicted molar refractivity (Wildman–Crippen MR) is 89.3 cm³/mol. The van der Waals surface area contributed by atoms with E-state index >= 15 is 0 Å². The van der Waals surface area contributed by atoms with Gasteiger partial charge in [0.25, 0.3) is 5.91 Å². The molecule has 1 aromatic heterocycles. The van der Waals surface area contributed by atoms with Crippen molar-refractivity contribution in [1.29, 1.82) is 0 Å². The molecule has 0 atom stereocenters. The Balaban J connectivity index is 1.71. The lowest BCUT2D eigenvalue weighted by atomic mass is 9.98. The van der Waals surface area contributed by atoms with Crippen molar-refractivity contribution < 1.29 is 9.32 Å². The van der Waals surface area contributed by atoms with Crippen molar-refractivity contribution in [2.45, 2.75) is 37.3 Å². The number of carbonyl (C=O) groups excluding carboxylic acids is 1. The van der Waals surface area contributed by atoms with Gasteiger partial charge in [-0.05, 0) is 37.8 Å². The van der Waals surface area contributed by atoms with Gasteiger partial charge < -0.3 is 9.42 Å². The molecule has 0 spiro atoms. The second-order valence-electron chi connectivity index (χ2n) is 5.99. The summed E-state index contributed by atoms with van der Waals surface area (Å²) < 4.78 is 5.14. The summed E-state index contributed by atoms with van der Waals surface area (Å²) in [5, 5.41) is 3.79. The standard InChI is InChI=1S/C17H21N3O2S/c1-12-7-9-20(10-8-12)17(21)14-5-3-4-6-15(14)23-11-16-18-13(2)19-22-16/h3-6,12H,7-11H2,1-2H3. The molecule has 1 aliphatic heterocycles. The van der Waals surface area contributed by atoms with Crippen molar-refractivity contribution in [3.63, 3.8) is 0 Å². The molecule has 0 unspecified atom stereocenters. The van der Waals surface area contributed by atoms with Crippen LogP contribution >= 0.6 is 11.8 Å². The van der Waals surface area contributed by atoms with Gasteiger partial charge in [0.1, 0.15) is 0 Å². The minimum atomic E-state index is 0.127. The predicted octanol–water partition coefficient (Wildman–Crippen LogP) is 3.54. The van der Waals surface area contributed by atoms with Crippen molar-refractivity contribution in [1.82, 2.24) is 15.0 Å². The van der Waals surface area contributed by atoms with Gasteiger partial charge in [0.2, 0.25) is 5.89 Å². The number of rotatable bonds is 4. The van der Waals surface area contributed by atoms with Gasteiger partial charge in [-0.3, -0.25) is 4.79 Å². The zero-order valence-electron chi connectivity index (χ0n) is 13.5. The highest BCUT2D eigenvalue weighted by Gasteiger charge is 2.23. The van der Waals surface area contributed by atoms with Gasteiger partial charge >= 0.3 is 0 Å². The minimum Gasteiger partial charge on any atom is -0.339 e. The fourth-order valence-corrected chi connectivity index (χ4v) is 3.57. The van der Waals surface area contributed by atoms with E-state index in [1.54, 1.807) is 18.7 Å². The minimum absolute atomic E-state index is 0.127. The Bertz CT molecular complexity index is 678. The highest BCUT2D eigenvalue weighted by atomic mass is 32.2. The van der Waals surface area contributed by atoms with E-state index in [4.69, 9.17) is 4.52 Å². The first-order valence-corrected chi connectivity index (χ1v) is 8.92. The molecule has 1 fully saturated rings. The van der Waals surface area contributed by atoms with E-state index in [0.29, 0.717) is 23.4 Å². The summed E-state index contributed by atoms with van der Waals surface area (Å²) in [5.41, 5.74) is 0.767. The first kappa shape index (κ1) is 16.1. The van der Waals surface area contributed by atoms with Gasteiger partial charge in [-0.1, -0.05) is 24.2 Å². The van der Waals surface area contributed by atoms with E-state index in [0.717, 1.165) is 36.4 Å². The van der Waals surface area contributed by atoms with E-state index in [-0.39, 0.29) is 5.91 Å². The third-order valence-corrected chi connectivity index (χ3v) is 5.17. The number of amides is 1. The molecular weight excluding hydrogens is 310 g/mol. The molecule has 6 heteroatoms. The van der Waals surface area contributed by atoms with Crippen molar-refractivity contribution in [2.24, 2.45) is 5.92 Å². The molecule has 0 radical (unpaired) electrons. The SMILES string of the molecule is Cc1noc(CSc2ccccc2C(=O)N2CCC(C)CC2)n1. The van der Waals surface area contributed by atoms with Crippen LogP contribution < -0.4 is 0 Å². The number of carbonyl (C=O) groups is 1. The molecule has 1 aliphatic rings. The van der Waals surface area contributed by atoms with E-state index < -0.39 is 0 Å². The third-order valence-electron chi connectivity index (χ3n) is 4.11. The number of thioether (sulfide) groups is 1. The van der Waals surface area contributed by atoms with Crippen molar-refractivity contribution in [3.8, 4) is 0 Å². The highest BCUT2D eigenvalue weighted by Crippen LogP contribution is 2.28. The summed E-state index contributed by atoms with van der Waals surface area (Å²) in [7, 11) is 0. The Labute approximate surface area is 140 Å². The number of hydrogen-bond acceptors (Lipinski definition) is 5. The van der Waals surface area contributed by atoms with Crippen LogP contribution in [0.25, 0.3) is 0 Å². The van der Waals surface area contributed by atoms with Crippen LogP contribution in [0.2, 0.25) is 0 Å². The summed E-state index contributed by atoms with van der Waals surface area (Å²) in [4.78, 5) is 19.9. The molecule has 1 saturated heterocycles. The van der Waals surface area contributed by atoms with Gasteiger partial charge in [0, 0.05) is 18.0 Å². The van der Waals surface area contributed by atoms with Gasteiger partial charge in [-0.15, -0.1) is 11.8 Å². The Hall–Kier alpha value is -1.82. The maximum absolute atomic E-state index is 12.8. The van der Waals surface area contributed by atoms with E-state index in [2.05, 4.69) is 17.1 Å². The van der Waals surface area contributed by atoms with Crippen molar-refractivity contribution >= 4 is 17.7 Å². The van der Waals surface area contributed by atoms with Crippen LogP contribution in [0.4, 0.5) is 0 Å². The molecule has 122 valence electrons. The second kappa shape index (κ2) is 7.17. The molecule has 0 bridgehead atoms. The Kier molecular flexibility index (Phi) is 5.00. The fraction of sp³-hybridized carbons (Fsp3) is 0.471. The number of likely N-dealkylation sites (tertiary alicyclic amines) is 1. The van der Waals surface area contributed by atoms with E-state index in [9.17, 15) is 4.79 Å². The molecule has 23 heavy (non-hydrogen) atoms. The molecule has 1 amide bonds. The Morgan fingerprint density at radius 3 is 2.78 bits per heavy atom. The van der Waals surface area contributed by atoms with Crippen LogP contribution in [0.1, 0.15) is 41.8 Å². The molecule has 5 nitrogen and oxygen atoms in total. The first-order valence-electron chi connectivity index (χ1n) is 7.94. The average Bonchev–Trinajstić information content (AvgIpc) is 2.99. The van der Waals surface area contributed by atoms with E-state index in [1.165, 1.54) is 0 Å². The molecule has 3 rings (SSSR count). The molecule has 2 heterocycles. The summed E-state index contributed by atoms with van der Waals surface area (Å²) in [6.07, 6.45) is 2.17. The third kappa shape index (κ3) is 3.93. The monoisotopic (exact) mass is 331 g/mol. The summed E-state index contributed by atoms with van der Waals surface area (Å²) in [5.74, 6) is 2.63. The largest absolute Gasteiger partial charge is 0.339 e.